The lowest BCUT2D eigenvalue weighted by atomic mass is 10.3. The van der Waals surface area contributed by atoms with Crippen molar-refractivity contribution in [3.63, 3.8) is 0 Å². The molecular weight excluding hydrogens is 449 g/mol. The van der Waals surface area contributed by atoms with E-state index in [1.807, 2.05) is 24.3 Å². The Morgan fingerprint density at radius 3 is 2.12 bits per heavy atom. The Balaban J connectivity index is 1.83. The SMILES string of the molecule is CC(C)=NOCOC(=O)C(C)Oc1ccc(Oc2ccc(I)cc2)cc1. The number of hydrogen-bond donors (Lipinski definition) is 0. The van der Waals surface area contributed by atoms with Gasteiger partial charge in [-0.05, 0) is 91.9 Å². The van der Waals surface area contributed by atoms with Crippen LogP contribution in [-0.4, -0.2) is 24.6 Å². The Labute approximate surface area is 166 Å². The van der Waals surface area contributed by atoms with Crippen LogP contribution in [0.15, 0.2) is 53.7 Å². The summed E-state index contributed by atoms with van der Waals surface area (Å²) in [4.78, 5) is 16.6. The summed E-state index contributed by atoms with van der Waals surface area (Å²) >= 11 is 2.24. The molecule has 0 N–H and O–H groups in total. The minimum atomic E-state index is -0.770. The second-order valence-electron chi connectivity index (χ2n) is 5.54. The van der Waals surface area contributed by atoms with Gasteiger partial charge in [-0.25, -0.2) is 4.79 Å². The summed E-state index contributed by atoms with van der Waals surface area (Å²) in [6, 6.07) is 14.7. The Kier molecular flexibility index (Phi) is 7.71. The van der Waals surface area contributed by atoms with Crippen LogP contribution in [0.25, 0.3) is 0 Å². The highest BCUT2D eigenvalue weighted by Gasteiger charge is 2.16. The van der Waals surface area contributed by atoms with Crippen molar-refractivity contribution in [2.24, 2.45) is 5.16 Å². The zero-order chi connectivity index (χ0) is 18.9. The minimum Gasteiger partial charge on any atom is -0.479 e. The summed E-state index contributed by atoms with van der Waals surface area (Å²) in [5.74, 6) is 1.43. The van der Waals surface area contributed by atoms with Crippen LogP contribution in [0.4, 0.5) is 0 Å². The number of rotatable bonds is 8. The van der Waals surface area contributed by atoms with E-state index >= 15 is 0 Å². The molecule has 2 aromatic carbocycles. The topological polar surface area (TPSA) is 66.4 Å². The fourth-order valence-electron chi connectivity index (χ4n) is 1.83. The molecule has 2 rings (SSSR count). The van der Waals surface area contributed by atoms with Crippen molar-refractivity contribution in [2.75, 3.05) is 6.79 Å². The number of nitrogens with zero attached hydrogens (tertiary/aromatic N) is 1. The number of ether oxygens (including phenoxy) is 3. The van der Waals surface area contributed by atoms with Crippen molar-refractivity contribution >= 4 is 34.3 Å². The van der Waals surface area contributed by atoms with Crippen molar-refractivity contribution in [1.82, 2.24) is 0 Å². The van der Waals surface area contributed by atoms with Gasteiger partial charge in [0.2, 0.25) is 0 Å². The number of carbonyl (C=O) groups excluding carboxylic acids is 1. The standard InChI is InChI=1S/C19H20INO5/c1-13(2)21-24-12-23-19(22)14(3)25-16-8-10-18(11-9-16)26-17-6-4-15(20)5-7-17/h4-11,14H,12H2,1-3H3. The van der Waals surface area contributed by atoms with Crippen molar-refractivity contribution in [3.8, 4) is 17.2 Å². The van der Waals surface area contributed by atoms with Gasteiger partial charge in [-0.3, -0.25) is 0 Å². The van der Waals surface area contributed by atoms with Crippen LogP contribution in [0.3, 0.4) is 0 Å². The van der Waals surface area contributed by atoms with E-state index in [0.29, 0.717) is 11.5 Å². The molecule has 2 aromatic rings. The molecule has 0 bridgehead atoms. The third-order valence-electron chi connectivity index (χ3n) is 3.02. The molecule has 138 valence electrons. The Morgan fingerprint density at radius 2 is 1.54 bits per heavy atom. The summed E-state index contributed by atoms with van der Waals surface area (Å²) in [6.07, 6.45) is -0.770. The first-order valence-corrected chi connectivity index (χ1v) is 9.02. The summed E-state index contributed by atoms with van der Waals surface area (Å²) < 4.78 is 17.4. The van der Waals surface area contributed by atoms with Crippen molar-refractivity contribution < 1.29 is 23.8 Å². The van der Waals surface area contributed by atoms with Gasteiger partial charge in [0.15, 0.2) is 6.10 Å². The number of esters is 1. The van der Waals surface area contributed by atoms with Crippen molar-refractivity contribution in [2.45, 2.75) is 26.9 Å². The molecule has 0 aromatic heterocycles. The number of hydrogen-bond acceptors (Lipinski definition) is 6. The molecule has 0 fully saturated rings. The molecule has 1 unspecified atom stereocenters. The first kappa shape index (κ1) is 20.0. The fraction of sp³-hybridized carbons (Fsp3) is 0.263. The summed E-state index contributed by atoms with van der Waals surface area (Å²) in [5, 5.41) is 3.67. The van der Waals surface area contributed by atoms with Crippen molar-refractivity contribution in [1.29, 1.82) is 0 Å². The van der Waals surface area contributed by atoms with E-state index in [2.05, 4.69) is 27.7 Å². The number of halogens is 1. The molecule has 7 heteroatoms. The van der Waals surface area contributed by atoms with Crippen LogP contribution < -0.4 is 9.47 Å². The van der Waals surface area contributed by atoms with Gasteiger partial charge in [0.25, 0.3) is 6.79 Å². The second-order valence-corrected chi connectivity index (χ2v) is 6.78. The summed E-state index contributed by atoms with van der Waals surface area (Å²) in [6.45, 7) is 4.91. The number of oxime groups is 1. The molecule has 0 aliphatic heterocycles. The smallest absolute Gasteiger partial charge is 0.349 e. The largest absolute Gasteiger partial charge is 0.479 e. The zero-order valence-electron chi connectivity index (χ0n) is 14.8. The quantitative estimate of drug-likeness (QED) is 0.139. The molecule has 0 aliphatic rings. The monoisotopic (exact) mass is 469 g/mol. The lowest BCUT2D eigenvalue weighted by Crippen LogP contribution is -2.26. The maximum absolute atomic E-state index is 11.8. The lowest BCUT2D eigenvalue weighted by Gasteiger charge is -2.14. The van der Waals surface area contributed by atoms with Crippen LogP contribution in [0.2, 0.25) is 0 Å². The van der Waals surface area contributed by atoms with Gasteiger partial charge in [0.1, 0.15) is 17.2 Å². The van der Waals surface area contributed by atoms with Crippen LogP contribution in [0, 0.1) is 3.57 Å². The molecule has 6 nitrogen and oxygen atoms in total. The van der Waals surface area contributed by atoms with Crippen LogP contribution in [0.5, 0.6) is 17.2 Å². The molecule has 1 atom stereocenters. The first-order valence-electron chi connectivity index (χ1n) is 7.94. The highest BCUT2D eigenvalue weighted by molar-refractivity contribution is 14.1. The van der Waals surface area contributed by atoms with E-state index in [0.717, 1.165) is 15.0 Å². The van der Waals surface area contributed by atoms with E-state index in [9.17, 15) is 4.79 Å². The first-order chi connectivity index (χ1) is 12.4. The maximum atomic E-state index is 11.8. The van der Waals surface area contributed by atoms with Gasteiger partial charge in [0.05, 0.1) is 5.71 Å². The Morgan fingerprint density at radius 1 is 1.00 bits per heavy atom. The number of benzene rings is 2. The lowest BCUT2D eigenvalue weighted by molar-refractivity contribution is -0.163. The van der Waals surface area contributed by atoms with Gasteiger partial charge in [-0.2, -0.15) is 0 Å². The highest BCUT2D eigenvalue weighted by Crippen LogP contribution is 2.25. The maximum Gasteiger partial charge on any atom is 0.349 e. The fourth-order valence-corrected chi connectivity index (χ4v) is 2.19. The third-order valence-corrected chi connectivity index (χ3v) is 3.74. The van der Waals surface area contributed by atoms with Crippen LogP contribution >= 0.6 is 22.6 Å². The van der Waals surface area contributed by atoms with Gasteiger partial charge in [-0.15, -0.1) is 0 Å². The zero-order valence-corrected chi connectivity index (χ0v) is 16.9. The third kappa shape index (κ3) is 6.91. The van der Waals surface area contributed by atoms with Gasteiger partial charge < -0.3 is 19.0 Å². The van der Waals surface area contributed by atoms with E-state index in [-0.39, 0.29) is 6.79 Å². The summed E-state index contributed by atoms with van der Waals surface area (Å²) in [7, 11) is 0. The molecule has 0 saturated carbocycles. The predicted octanol–water partition coefficient (Wildman–Crippen LogP) is 4.76. The van der Waals surface area contributed by atoms with E-state index in [4.69, 9.17) is 19.0 Å². The average Bonchev–Trinajstić information content (AvgIpc) is 2.62. The van der Waals surface area contributed by atoms with E-state index in [1.165, 1.54) is 0 Å². The molecule has 0 spiro atoms. The van der Waals surface area contributed by atoms with Crippen LogP contribution in [0.1, 0.15) is 20.8 Å². The molecule has 26 heavy (non-hydrogen) atoms. The normalized spacial score (nSPS) is 11.2. The van der Waals surface area contributed by atoms with Gasteiger partial charge >= 0.3 is 5.97 Å². The molecule has 0 radical (unpaired) electrons. The van der Waals surface area contributed by atoms with Crippen molar-refractivity contribution in [3.05, 3.63) is 52.1 Å². The molecule has 0 heterocycles. The predicted molar refractivity (Wildman–Crippen MR) is 107 cm³/mol. The molecule has 0 amide bonds. The van der Waals surface area contributed by atoms with Gasteiger partial charge in [0, 0.05) is 3.57 Å². The second kappa shape index (κ2) is 10.0. The average molecular weight is 469 g/mol. The van der Waals surface area contributed by atoms with E-state index in [1.54, 1.807) is 45.0 Å². The number of carbonyl (C=O) groups is 1. The molecular formula is C19H20INO5. The minimum absolute atomic E-state index is 0.250. The summed E-state index contributed by atoms with van der Waals surface area (Å²) in [5.41, 5.74) is 0.734. The molecule has 0 aliphatic carbocycles. The Hall–Kier alpha value is -2.29. The Bertz CT molecular complexity index is 740. The highest BCUT2D eigenvalue weighted by atomic mass is 127. The van der Waals surface area contributed by atoms with Crippen LogP contribution in [-0.2, 0) is 14.4 Å². The van der Waals surface area contributed by atoms with E-state index < -0.39 is 12.1 Å². The molecule has 0 saturated heterocycles. The van der Waals surface area contributed by atoms with Gasteiger partial charge in [-0.1, -0.05) is 5.16 Å².